The van der Waals surface area contributed by atoms with Crippen LogP contribution in [0.15, 0.2) is 16.8 Å². The molecule has 0 saturated heterocycles. The van der Waals surface area contributed by atoms with Gasteiger partial charge in [0.15, 0.2) is 0 Å². The summed E-state index contributed by atoms with van der Waals surface area (Å²) in [6.45, 7) is 0.376. The zero-order valence-electron chi connectivity index (χ0n) is 8.71. The van der Waals surface area contributed by atoms with Crippen molar-refractivity contribution < 1.29 is 19.2 Å². The Kier molecular flexibility index (Phi) is 4.26. The molecule has 6 heteroatoms. The minimum atomic E-state index is -0.702. The maximum Gasteiger partial charge on any atom is 0.292 e. The highest BCUT2D eigenvalue weighted by atomic mass is 16.5. The molecule has 1 unspecified atom stereocenters. The molecule has 6 nitrogen and oxygen atoms in total. The van der Waals surface area contributed by atoms with E-state index in [4.69, 9.17) is 9.26 Å². The zero-order chi connectivity index (χ0) is 11.3. The topological polar surface area (TPSA) is 75.8 Å². The predicted octanol–water partition coefficient (Wildman–Crippen LogP) is -0.246. The number of methoxy groups -OCH3 is 1. The van der Waals surface area contributed by atoms with Crippen molar-refractivity contribution in [1.29, 1.82) is 0 Å². The lowest BCUT2D eigenvalue weighted by Crippen LogP contribution is -2.36. The van der Waals surface area contributed by atoms with E-state index >= 15 is 0 Å². The molecule has 1 atom stereocenters. The number of ether oxygens (including phenoxy) is 1. The molecule has 1 heterocycles. The maximum atomic E-state index is 11.6. The Morgan fingerprint density at radius 2 is 2.53 bits per heavy atom. The number of aromatic nitrogens is 1. The molecule has 0 aromatic carbocycles. The fraction of sp³-hybridized carbons (Fsp3) is 0.556. The number of nitrogens with zero attached hydrogens (tertiary/aromatic N) is 2. The summed E-state index contributed by atoms with van der Waals surface area (Å²) in [5.41, 5.74) is 0. The molecule has 0 aliphatic rings. The smallest absolute Gasteiger partial charge is 0.292 e. The summed E-state index contributed by atoms with van der Waals surface area (Å²) >= 11 is 0. The third kappa shape index (κ3) is 3.34. The molecule has 15 heavy (non-hydrogen) atoms. The lowest BCUT2D eigenvalue weighted by Gasteiger charge is -2.18. The summed E-state index contributed by atoms with van der Waals surface area (Å²) in [7, 11) is 3.06. The summed E-state index contributed by atoms with van der Waals surface area (Å²) < 4.78 is 9.46. The molecule has 0 saturated carbocycles. The first-order valence-electron chi connectivity index (χ1n) is 4.48. The fourth-order valence-electron chi connectivity index (χ4n) is 1.16. The highest BCUT2D eigenvalue weighted by molar-refractivity contribution is 5.91. The largest absolute Gasteiger partial charge is 0.389 e. The number of hydrogen-bond acceptors (Lipinski definition) is 5. The van der Waals surface area contributed by atoms with Crippen LogP contribution in [0.3, 0.4) is 0 Å². The van der Waals surface area contributed by atoms with Gasteiger partial charge in [0.2, 0.25) is 5.76 Å². The Morgan fingerprint density at radius 1 is 1.80 bits per heavy atom. The van der Waals surface area contributed by atoms with E-state index in [-0.39, 0.29) is 24.8 Å². The second kappa shape index (κ2) is 5.47. The summed E-state index contributed by atoms with van der Waals surface area (Å²) in [6, 6.07) is 1.47. The number of aliphatic hydroxyl groups excluding tert-OH is 1. The van der Waals surface area contributed by atoms with Gasteiger partial charge in [-0.2, -0.15) is 0 Å². The minimum Gasteiger partial charge on any atom is -0.389 e. The summed E-state index contributed by atoms with van der Waals surface area (Å²) in [6.07, 6.45) is 0.694. The first-order chi connectivity index (χ1) is 7.15. The Morgan fingerprint density at radius 3 is 3.07 bits per heavy atom. The molecule has 0 spiro atoms. The summed E-state index contributed by atoms with van der Waals surface area (Å²) in [5, 5.41) is 12.8. The van der Waals surface area contributed by atoms with Crippen molar-refractivity contribution in [2.45, 2.75) is 6.10 Å². The third-order valence-electron chi connectivity index (χ3n) is 1.84. The van der Waals surface area contributed by atoms with Crippen LogP contribution in [-0.2, 0) is 4.74 Å². The van der Waals surface area contributed by atoms with Gasteiger partial charge in [-0.05, 0) is 0 Å². The number of rotatable bonds is 5. The monoisotopic (exact) mass is 214 g/mol. The van der Waals surface area contributed by atoms with Gasteiger partial charge in [-0.25, -0.2) is 0 Å². The van der Waals surface area contributed by atoms with Gasteiger partial charge in [0.1, 0.15) is 0 Å². The van der Waals surface area contributed by atoms with Gasteiger partial charge in [0.25, 0.3) is 5.91 Å². The van der Waals surface area contributed by atoms with Crippen molar-refractivity contribution in [2.75, 3.05) is 27.3 Å². The minimum absolute atomic E-state index is 0.155. The molecular weight excluding hydrogens is 200 g/mol. The molecule has 0 aliphatic heterocycles. The van der Waals surface area contributed by atoms with Gasteiger partial charge in [-0.1, -0.05) is 5.16 Å². The van der Waals surface area contributed by atoms with Crippen LogP contribution in [-0.4, -0.2) is 54.5 Å². The Bertz CT molecular complexity index is 299. The molecule has 0 bridgehead atoms. The van der Waals surface area contributed by atoms with Gasteiger partial charge in [-0.15, -0.1) is 0 Å². The van der Waals surface area contributed by atoms with E-state index in [2.05, 4.69) is 5.16 Å². The highest BCUT2D eigenvalue weighted by Crippen LogP contribution is 2.02. The first-order valence-corrected chi connectivity index (χ1v) is 4.48. The van der Waals surface area contributed by atoms with Crippen molar-refractivity contribution in [1.82, 2.24) is 10.1 Å². The Labute approximate surface area is 87.4 Å². The van der Waals surface area contributed by atoms with Crippen LogP contribution in [0, 0.1) is 0 Å². The lowest BCUT2D eigenvalue weighted by atomic mass is 10.3. The molecule has 84 valence electrons. The summed E-state index contributed by atoms with van der Waals surface area (Å²) in [4.78, 5) is 12.9. The Balaban J connectivity index is 2.47. The predicted molar refractivity (Wildman–Crippen MR) is 51.3 cm³/mol. The van der Waals surface area contributed by atoms with Crippen molar-refractivity contribution >= 4 is 5.91 Å². The van der Waals surface area contributed by atoms with Crippen LogP contribution >= 0.6 is 0 Å². The standard InChI is InChI=1S/C9H14N2O4/c1-11(5-7(12)6-14-2)9(13)8-3-4-10-15-8/h3-4,7,12H,5-6H2,1-2H3. The average molecular weight is 214 g/mol. The van der Waals surface area contributed by atoms with Crippen molar-refractivity contribution in [3.63, 3.8) is 0 Å². The quantitative estimate of drug-likeness (QED) is 0.731. The van der Waals surface area contributed by atoms with Gasteiger partial charge in [0.05, 0.1) is 18.9 Å². The molecule has 0 fully saturated rings. The Hall–Kier alpha value is -1.40. The van der Waals surface area contributed by atoms with E-state index in [0.29, 0.717) is 0 Å². The van der Waals surface area contributed by atoms with E-state index in [9.17, 15) is 9.90 Å². The van der Waals surface area contributed by atoms with Gasteiger partial charge < -0.3 is 19.3 Å². The van der Waals surface area contributed by atoms with Gasteiger partial charge in [-0.3, -0.25) is 4.79 Å². The van der Waals surface area contributed by atoms with E-state index in [1.54, 1.807) is 7.05 Å². The third-order valence-corrected chi connectivity index (χ3v) is 1.84. The average Bonchev–Trinajstić information content (AvgIpc) is 2.69. The molecule has 0 radical (unpaired) electrons. The van der Waals surface area contributed by atoms with Crippen molar-refractivity contribution in [3.05, 3.63) is 18.0 Å². The van der Waals surface area contributed by atoms with E-state index in [1.165, 1.54) is 24.3 Å². The van der Waals surface area contributed by atoms with Crippen molar-refractivity contribution in [3.8, 4) is 0 Å². The van der Waals surface area contributed by atoms with E-state index in [0.717, 1.165) is 0 Å². The molecule has 1 amide bonds. The number of aliphatic hydroxyl groups is 1. The van der Waals surface area contributed by atoms with Crippen LogP contribution in [0.2, 0.25) is 0 Å². The number of carbonyl (C=O) groups is 1. The molecule has 1 rings (SSSR count). The lowest BCUT2D eigenvalue weighted by molar-refractivity contribution is 0.0364. The van der Waals surface area contributed by atoms with Crippen LogP contribution < -0.4 is 0 Å². The SMILES string of the molecule is COCC(O)CN(C)C(=O)c1ccno1. The molecule has 0 aliphatic carbocycles. The second-order valence-corrected chi connectivity index (χ2v) is 3.17. The van der Waals surface area contributed by atoms with Gasteiger partial charge in [0, 0.05) is 26.8 Å². The molecule has 1 aromatic rings. The molecule has 1 aromatic heterocycles. The zero-order valence-corrected chi connectivity index (χ0v) is 8.71. The maximum absolute atomic E-state index is 11.6. The number of amides is 1. The second-order valence-electron chi connectivity index (χ2n) is 3.17. The summed E-state index contributed by atoms with van der Waals surface area (Å²) in [5.74, 6) is -0.162. The van der Waals surface area contributed by atoms with Gasteiger partial charge >= 0.3 is 0 Å². The highest BCUT2D eigenvalue weighted by Gasteiger charge is 2.17. The van der Waals surface area contributed by atoms with Crippen LogP contribution in [0.4, 0.5) is 0 Å². The number of hydrogen-bond donors (Lipinski definition) is 1. The normalized spacial score (nSPS) is 12.5. The number of likely N-dealkylation sites (N-methyl/N-ethyl adjacent to an activating group) is 1. The fourth-order valence-corrected chi connectivity index (χ4v) is 1.16. The first kappa shape index (κ1) is 11.7. The molecule has 1 N–H and O–H groups in total. The molecular formula is C9H14N2O4. The van der Waals surface area contributed by atoms with Crippen LogP contribution in [0.5, 0.6) is 0 Å². The van der Waals surface area contributed by atoms with Crippen LogP contribution in [0.25, 0.3) is 0 Å². The van der Waals surface area contributed by atoms with Crippen molar-refractivity contribution in [2.24, 2.45) is 0 Å². The van der Waals surface area contributed by atoms with Crippen LogP contribution in [0.1, 0.15) is 10.6 Å². The number of carbonyl (C=O) groups excluding carboxylic acids is 1. The van der Waals surface area contributed by atoms with E-state index in [1.807, 2.05) is 0 Å². The van der Waals surface area contributed by atoms with E-state index < -0.39 is 6.10 Å².